The zero-order chi connectivity index (χ0) is 20.9. The molecule has 162 valence electrons. The number of thiazole rings is 1. The van der Waals surface area contributed by atoms with Gasteiger partial charge in [-0.1, -0.05) is 39.4 Å². The molecule has 0 unspecified atom stereocenters. The lowest BCUT2D eigenvalue weighted by atomic mass is 10.2. The zero-order valence-corrected chi connectivity index (χ0v) is 20.1. The average Bonchev–Trinajstić information content (AvgIpc) is 3.38. The second-order valence-electron chi connectivity index (χ2n) is 6.91. The van der Waals surface area contributed by atoms with Crippen molar-refractivity contribution in [3.8, 4) is 5.75 Å². The smallest absolute Gasteiger partial charge is 0.266 e. The molecule has 0 aliphatic carbocycles. The van der Waals surface area contributed by atoms with Gasteiger partial charge < -0.3 is 9.30 Å². The number of aromatic nitrogens is 3. The Morgan fingerprint density at radius 3 is 2.90 bits per heavy atom. The first-order valence-corrected chi connectivity index (χ1v) is 11.2. The molecule has 4 aromatic rings. The lowest BCUT2D eigenvalue weighted by Gasteiger charge is -2.20. The summed E-state index contributed by atoms with van der Waals surface area (Å²) in [6.45, 7) is 3.29. The van der Waals surface area contributed by atoms with Gasteiger partial charge in [0.05, 0.1) is 16.5 Å². The summed E-state index contributed by atoms with van der Waals surface area (Å²) in [5, 5.41) is 0.687. The standard InChI is InChI=1S/C22H21BrN4O2S.ClH/c1-16-4-2-5-18(12-16)29-14-21(28)27(10-3-9-26-11-8-24-15-26)22-25-19-7-6-17(23)13-20(19)30-22;/h2,4-8,11-13,15H,3,9-10,14H2,1H3;1H. The van der Waals surface area contributed by atoms with Gasteiger partial charge in [-0.2, -0.15) is 0 Å². The molecule has 0 atom stereocenters. The summed E-state index contributed by atoms with van der Waals surface area (Å²) in [7, 11) is 0. The highest BCUT2D eigenvalue weighted by Crippen LogP contribution is 2.31. The number of hydrogen-bond acceptors (Lipinski definition) is 5. The zero-order valence-electron chi connectivity index (χ0n) is 16.9. The first-order valence-electron chi connectivity index (χ1n) is 9.60. The number of halogens is 2. The molecule has 1 amide bonds. The number of fused-ring (bicyclic) bond motifs is 1. The number of benzene rings is 2. The first-order chi connectivity index (χ1) is 14.6. The Morgan fingerprint density at radius 1 is 1.26 bits per heavy atom. The van der Waals surface area contributed by atoms with E-state index in [1.54, 1.807) is 17.4 Å². The van der Waals surface area contributed by atoms with E-state index in [1.807, 2.05) is 60.2 Å². The van der Waals surface area contributed by atoms with E-state index in [2.05, 4.69) is 25.9 Å². The van der Waals surface area contributed by atoms with E-state index < -0.39 is 0 Å². The third kappa shape index (κ3) is 6.06. The maximum absolute atomic E-state index is 13.1. The number of aryl methyl sites for hydroxylation is 2. The minimum absolute atomic E-state index is 0. The third-order valence-electron chi connectivity index (χ3n) is 4.58. The van der Waals surface area contributed by atoms with Crippen molar-refractivity contribution in [2.75, 3.05) is 18.1 Å². The number of hydrogen-bond donors (Lipinski definition) is 0. The van der Waals surface area contributed by atoms with Gasteiger partial charge in [0.2, 0.25) is 0 Å². The highest BCUT2D eigenvalue weighted by molar-refractivity contribution is 9.10. The quantitative estimate of drug-likeness (QED) is 0.308. The Morgan fingerprint density at radius 2 is 2.13 bits per heavy atom. The summed E-state index contributed by atoms with van der Waals surface area (Å²) in [6.07, 6.45) is 6.24. The molecule has 31 heavy (non-hydrogen) atoms. The lowest BCUT2D eigenvalue weighted by molar-refractivity contribution is -0.120. The van der Waals surface area contributed by atoms with Gasteiger partial charge in [0.25, 0.3) is 5.91 Å². The monoisotopic (exact) mass is 520 g/mol. The molecule has 0 fully saturated rings. The predicted octanol–water partition coefficient (Wildman–Crippen LogP) is 5.49. The van der Waals surface area contributed by atoms with Crippen LogP contribution in [-0.2, 0) is 11.3 Å². The third-order valence-corrected chi connectivity index (χ3v) is 6.11. The first kappa shape index (κ1) is 23.2. The summed E-state index contributed by atoms with van der Waals surface area (Å²) >= 11 is 5.01. The Balaban J connectivity index is 0.00000272. The number of nitrogens with zero attached hydrogens (tertiary/aromatic N) is 4. The Labute approximate surface area is 199 Å². The van der Waals surface area contributed by atoms with Crippen LogP contribution in [0.15, 0.2) is 65.7 Å². The van der Waals surface area contributed by atoms with Crippen molar-refractivity contribution in [1.82, 2.24) is 14.5 Å². The maximum Gasteiger partial charge on any atom is 0.266 e. The van der Waals surface area contributed by atoms with E-state index in [1.165, 1.54) is 11.3 Å². The van der Waals surface area contributed by atoms with Gasteiger partial charge in [0, 0.05) is 30.0 Å². The number of rotatable bonds is 8. The van der Waals surface area contributed by atoms with Gasteiger partial charge in [-0.25, -0.2) is 9.97 Å². The molecule has 2 aromatic heterocycles. The van der Waals surface area contributed by atoms with Crippen molar-refractivity contribution < 1.29 is 9.53 Å². The van der Waals surface area contributed by atoms with Crippen LogP contribution in [0.1, 0.15) is 12.0 Å². The highest BCUT2D eigenvalue weighted by atomic mass is 79.9. The molecule has 6 nitrogen and oxygen atoms in total. The Kier molecular flexibility index (Phi) is 8.06. The number of ether oxygens (including phenoxy) is 1. The van der Waals surface area contributed by atoms with Crippen LogP contribution in [0.5, 0.6) is 5.75 Å². The van der Waals surface area contributed by atoms with Crippen LogP contribution in [0.4, 0.5) is 5.13 Å². The van der Waals surface area contributed by atoms with Crippen molar-refractivity contribution in [2.24, 2.45) is 0 Å². The van der Waals surface area contributed by atoms with Crippen molar-refractivity contribution in [3.63, 3.8) is 0 Å². The van der Waals surface area contributed by atoms with Gasteiger partial charge in [-0.15, -0.1) is 12.4 Å². The summed E-state index contributed by atoms with van der Waals surface area (Å²) in [6, 6.07) is 13.6. The van der Waals surface area contributed by atoms with E-state index in [0.717, 1.165) is 33.2 Å². The van der Waals surface area contributed by atoms with Crippen LogP contribution in [0.2, 0.25) is 0 Å². The molecule has 0 spiro atoms. The average molecular weight is 522 g/mol. The van der Waals surface area contributed by atoms with Gasteiger partial charge in [0.1, 0.15) is 5.75 Å². The topological polar surface area (TPSA) is 60.2 Å². The Bertz CT molecular complexity index is 1150. The van der Waals surface area contributed by atoms with Gasteiger partial charge >= 0.3 is 0 Å². The number of imidazole rings is 1. The molecular formula is C22H22BrClN4O2S. The molecule has 0 aliphatic rings. The summed E-state index contributed by atoms with van der Waals surface area (Å²) in [5.41, 5.74) is 1.97. The van der Waals surface area contributed by atoms with Gasteiger partial charge in [0.15, 0.2) is 11.7 Å². The minimum Gasteiger partial charge on any atom is -0.484 e. The summed E-state index contributed by atoms with van der Waals surface area (Å²) < 4.78 is 9.79. The molecule has 2 aromatic carbocycles. The number of carbonyl (C=O) groups excluding carboxylic acids is 1. The predicted molar refractivity (Wildman–Crippen MR) is 130 cm³/mol. The van der Waals surface area contributed by atoms with Crippen LogP contribution in [0.3, 0.4) is 0 Å². The van der Waals surface area contributed by atoms with Crippen molar-refractivity contribution in [1.29, 1.82) is 0 Å². The second kappa shape index (κ2) is 10.7. The Hall–Kier alpha value is -2.42. The fourth-order valence-electron chi connectivity index (χ4n) is 3.09. The molecule has 0 aliphatic heterocycles. The van der Waals surface area contributed by atoms with E-state index >= 15 is 0 Å². The van der Waals surface area contributed by atoms with E-state index in [4.69, 9.17) is 4.74 Å². The molecule has 2 heterocycles. The van der Waals surface area contributed by atoms with E-state index in [9.17, 15) is 4.79 Å². The molecule has 0 bridgehead atoms. The largest absolute Gasteiger partial charge is 0.484 e. The summed E-state index contributed by atoms with van der Waals surface area (Å²) in [5.74, 6) is 0.579. The SMILES string of the molecule is Cc1cccc(OCC(=O)N(CCCn2ccnc2)c2nc3ccc(Br)cc3s2)c1.Cl. The van der Waals surface area contributed by atoms with Crippen molar-refractivity contribution in [2.45, 2.75) is 19.9 Å². The fraction of sp³-hybridized carbons (Fsp3) is 0.227. The lowest BCUT2D eigenvalue weighted by Crippen LogP contribution is -2.36. The number of amides is 1. The number of carbonyl (C=O) groups is 1. The van der Waals surface area contributed by atoms with Crippen LogP contribution in [0.25, 0.3) is 10.2 Å². The fourth-order valence-corrected chi connectivity index (χ4v) is 4.65. The van der Waals surface area contributed by atoms with Crippen LogP contribution < -0.4 is 9.64 Å². The van der Waals surface area contributed by atoms with Crippen molar-refractivity contribution >= 4 is 60.9 Å². The normalized spacial score (nSPS) is 10.6. The second-order valence-corrected chi connectivity index (χ2v) is 8.84. The molecular weight excluding hydrogens is 500 g/mol. The molecule has 0 N–H and O–H groups in total. The van der Waals surface area contributed by atoms with E-state index in [0.29, 0.717) is 17.4 Å². The molecule has 9 heteroatoms. The number of anilines is 1. The van der Waals surface area contributed by atoms with Gasteiger partial charge in [-0.05, 0) is 49.2 Å². The van der Waals surface area contributed by atoms with Crippen LogP contribution in [-0.4, -0.2) is 33.6 Å². The molecule has 0 saturated heterocycles. The van der Waals surface area contributed by atoms with Gasteiger partial charge in [-0.3, -0.25) is 9.69 Å². The highest BCUT2D eigenvalue weighted by Gasteiger charge is 2.20. The minimum atomic E-state index is -0.111. The van der Waals surface area contributed by atoms with E-state index in [-0.39, 0.29) is 24.9 Å². The molecule has 0 radical (unpaired) electrons. The van der Waals surface area contributed by atoms with Crippen molar-refractivity contribution in [3.05, 3.63) is 71.2 Å². The molecule has 4 rings (SSSR count). The molecule has 0 saturated carbocycles. The van der Waals surface area contributed by atoms with Crippen LogP contribution in [0, 0.1) is 6.92 Å². The van der Waals surface area contributed by atoms with Crippen LogP contribution >= 0.6 is 39.7 Å². The maximum atomic E-state index is 13.1. The summed E-state index contributed by atoms with van der Waals surface area (Å²) in [4.78, 5) is 23.6.